The summed E-state index contributed by atoms with van der Waals surface area (Å²) in [7, 11) is 0. The fraction of sp³-hybridized carbons (Fsp3) is 0.125. The fourth-order valence-corrected chi connectivity index (χ4v) is 3.99. The minimum atomic E-state index is -0.874. The maximum absolute atomic E-state index is 11.1. The number of nitrogens with zero attached hydrogens (tertiary/aromatic N) is 1. The maximum Gasteiger partial charge on any atom is 0.345 e. The smallest absolute Gasteiger partial charge is 0.345 e. The van der Waals surface area contributed by atoms with Gasteiger partial charge in [-0.25, -0.2) is 9.78 Å². The van der Waals surface area contributed by atoms with Gasteiger partial charge in [0.1, 0.15) is 9.88 Å². The monoisotopic (exact) mass is 315 g/mol. The van der Waals surface area contributed by atoms with E-state index in [0.29, 0.717) is 4.88 Å². The zero-order valence-corrected chi connectivity index (χ0v) is 13.0. The van der Waals surface area contributed by atoms with Gasteiger partial charge in [-0.1, -0.05) is 37.3 Å². The van der Waals surface area contributed by atoms with Crippen molar-refractivity contribution in [1.29, 1.82) is 0 Å². The molecule has 0 spiro atoms. The Hall–Kier alpha value is -1.98. The third-order valence-corrected chi connectivity index (χ3v) is 5.29. The quantitative estimate of drug-likeness (QED) is 0.752. The Kier molecular flexibility index (Phi) is 3.86. The molecule has 0 amide bonds. The van der Waals surface area contributed by atoms with Crippen LogP contribution in [0.4, 0.5) is 0 Å². The summed E-state index contributed by atoms with van der Waals surface area (Å²) in [5, 5.41) is 12.0. The van der Waals surface area contributed by atoms with Crippen molar-refractivity contribution >= 4 is 28.6 Å². The summed E-state index contributed by atoms with van der Waals surface area (Å²) < 4.78 is 0. The Balaban J connectivity index is 2.02. The molecule has 2 heterocycles. The van der Waals surface area contributed by atoms with Crippen LogP contribution < -0.4 is 0 Å². The van der Waals surface area contributed by atoms with Gasteiger partial charge < -0.3 is 5.11 Å². The molecular weight excluding hydrogens is 302 g/mol. The highest BCUT2D eigenvalue weighted by molar-refractivity contribution is 7.16. The second-order valence-electron chi connectivity index (χ2n) is 4.51. The first-order valence-corrected chi connectivity index (χ1v) is 8.26. The standard InChI is InChI=1S/C16H13NO2S2/c1-2-13-11(8-14(21-13)16(18)19)15-17-12(9-20-15)10-6-4-3-5-7-10/h3-9H,2H2,1H3,(H,18,19). The van der Waals surface area contributed by atoms with Crippen molar-refractivity contribution in [2.75, 3.05) is 0 Å². The van der Waals surface area contributed by atoms with E-state index in [0.717, 1.165) is 33.1 Å². The fourth-order valence-electron chi connectivity index (χ4n) is 2.12. The van der Waals surface area contributed by atoms with Crippen LogP contribution in [-0.2, 0) is 6.42 Å². The number of benzene rings is 1. The van der Waals surface area contributed by atoms with Gasteiger partial charge in [0.05, 0.1) is 5.69 Å². The van der Waals surface area contributed by atoms with E-state index in [1.807, 2.05) is 42.6 Å². The van der Waals surface area contributed by atoms with Crippen LogP contribution in [0.3, 0.4) is 0 Å². The van der Waals surface area contributed by atoms with E-state index in [9.17, 15) is 4.79 Å². The number of aryl methyl sites for hydroxylation is 1. The van der Waals surface area contributed by atoms with Crippen LogP contribution in [-0.4, -0.2) is 16.1 Å². The lowest BCUT2D eigenvalue weighted by molar-refractivity contribution is 0.0702. The summed E-state index contributed by atoms with van der Waals surface area (Å²) in [5.41, 5.74) is 2.96. The van der Waals surface area contributed by atoms with Gasteiger partial charge in [0.15, 0.2) is 0 Å². The molecular formula is C16H13NO2S2. The molecule has 106 valence electrons. The first kappa shape index (κ1) is 14.0. The largest absolute Gasteiger partial charge is 0.477 e. The summed E-state index contributed by atoms with van der Waals surface area (Å²) >= 11 is 2.89. The molecule has 0 unspecified atom stereocenters. The number of carbonyl (C=O) groups is 1. The molecule has 0 fully saturated rings. The minimum Gasteiger partial charge on any atom is -0.477 e. The molecule has 3 aromatic rings. The summed E-state index contributed by atoms with van der Waals surface area (Å²) in [6.07, 6.45) is 0.813. The summed E-state index contributed by atoms with van der Waals surface area (Å²) in [4.78, 5) is 17.2. The van der Waals surface area contributed by atoms with Crippen molar-refractivity contribution in [3.8, 4) is 21.8 Å². The third kappa shape index (κ3) is 2.75. The molecule has 3 nitrogen and oxygen atoms in total. The second-order valence-corrected chi connectivity index (χ2v) is 6.50. The number of rotatable bonds is 4. The molecule has 2 aromatic heterocycles. The van der Waals surface area contributed by atoms with Gasteiger partial charge in [0.2, 0.25) is 0 Å². The van der Waals surface area contributed by atoms with Crippen molar-refractivity contribution in [1.82, 2.24) is 4.98 Å². The van der Waals surface area contributed by atoms with Gasteiger partial charge in [-0.2, -0.15) is 0 Å². The number of carboxylic acid groups (broad SMARTS) is 1. The Morgan fingerprint density at radius 2 is 2.05 bits per heavy atom. The van der Waals surface area contributed by atoms with Crippen molar-refractivity contribution in [3.05, 3.63) is 51.5 Å². The van der Waals surface area contributed by atoms with Crippen molar-refractivity contribution < 1.29 is 9.90 Å². The molecule has 0 atom stereocenters. The van der Waals surface area contributed by atoms with E-state index >= 15 is 0 Å². The molecule has 0 bridgehead atoms. The first-order chi connectivity index (χ1) is 10.2. The molecule has 0 radical (unpaired) electrons. The van der Waals surface area contributed by atoms with Crippen LogP contribution in [0.15, 0.2) is 41.8 Å². The van der Waals surface area contributed by atoms with Gasteiger partial charge in [-0.05, 0) is 12.5 Å². The van der Waals surface area contributed by atoms with Gasteiger partial charge in [0.25, 0.3) is 0 Å². The highest BCUT2D eigenvalue weighted by Crippen LogP contribution is 2.35. The average molecular weight is 315 g/mol. The number of thiophene rings is 1. The number of aromatic carboxylic acids is 1. The number of carboxylic acids is 1. The van der Waals surface area contributed by atoms with Gasteiger partial charge in [0, 0.05) is 21.4 Å². The lowest BCUT2D eigenvalue weighted by Gasteiger charge is -1.96. The first-order valence-electron chi connectivity index (χ1n) is 6.56. The lowest BCUT2D eigenvalue weighted by atomic mass is 10.2. The third-order valence-electron chi connectivity index (χ3n) is 3.15. The van der Waals surface area contributed by atoms with Crippen LogP contribution in [0.1, 0.15) is 21.5 Å². The normalized spacial score (nSPS) is 10.7. The minimum absolute atomic E-state index is 0.373. The predicted molar refractivity (Wildman–Crippen MR) is 87.2 cm³/mol. The highest BCUT2D eigenvalue weighted by Gasteiger charge is 2.16. The molecule has 0 saturated heterocycles. The number of aromatic nitrogens is 1. The van der Waals surface area contributed by atoms with Crippen LogP contribution >= 0.6 is 22.7 Å². The van der Waals surface area contributed by atoms with Crippen molar-refractivity contribution in [3.63, 3.8) is 0 Å². The average Bonchev–Trinajstić information content (AvgIpc) is 3.14. The summed E-state index contributed by atoms with van der Waals surface area (Å²) in [5.74, 6) is -0.874. The number of hydrogen-bond donors (Lipinski definition) is 1. The number of hydrogen-bond acceptors (Lipinski definition) is 4. The topological polar surface area (TPSA) is 50.2 Å². The molecule has 21 heavy (non-hydrogen) atoms. The maximum atomic E-state index is 11.1. The zero-order valence-electron chi connectivity index (χ0n) is 11.4. The lowest BCUT2D eigenvalue weighted by Crippen LogP contribution is -1.89. The van der Waals surface area contributed by atoms with Gasteiger partial charge in [-0.3, -0.25) is 0 Å². The molecule has 0 aliphatic heterocycles. The Morgan fingerprint density at radius 1 is 1.29 bits per heavy atom. The highest BCUT2D eigenvalue weighted by atomic mass is 32.1. The Bertz CT molecular complexity index is 775. The molecule has 0 aliphatic rings. The van der Waals surface area contributed by atoms with E-state index in [1.54, 1.807) is 17.4 Å². The number of thiazole rings is 1. The van der Waals surface area contributed by atoms with Crippen molar-refractivity contribution in [2.45, 2.75) is 13.3 Å². The summed E-state index contributed by atoms with van der Waals surface area (Å²) in [6.45, 7) is 2.03. The van der Waals surface area contributed by atoms with Crippen LogP contribution in [0.5, 0.6) is 0 Å². The van der Waals surface area contributed by atoms with E-state index < -0.39 is 5.97 Å². The van der Waals surface area contributed by atoms with Gasteiger partial charge >= 0.3 is 5.97 Å². The van der Waals surface area contributed by atoms with Crippen LogP contribution in [0.2, 0.25) is 0 Å². The van der Waals surface area contributed by atoms with Crippen molar-refractivity contribution in [2.24, 2.45) is 0 Å². The second kappa shape index (κ2) is 5.79. The summed E-state index contributed by atoms with van der Waals surface area (Å²) in [6, 6.07) is 11.7. The molecule has 1 N–H and O–H groups in total. The molecule has 5 heteroatoms. The van der Waals surface area contributed by atoms with E-state index in [1.165, 1.54) is 11.3 Å². The predicted octanol–water partition coefficient (Wildman–Crippen LogP) is 4.80. The Morgan fingerprint density at radius 3 is 2.71 bits per heavy atom. The zero-order chi connectivity index (χ0) is 14.8. The van der Waals surface area contributed by atoms with Crippen LogP contribution in [0.25, 0.3) is 21.8 Å². The van der Waals surface area contributed by atoms with E-state index in [4.69, 9.17) is 5.11 Å². The molecule has 0 aliphatic carbocycles. The van der Waals surface area contributed by atoms with Gasteiger partial charge in [-0.15, -0.1) is 22.7 Å². The Labute approximate surface area is 130 Å². The van der Waals surface area contributed by atoms with E-state index in [2.05, 4.69) is 4.98 Å². The molecule has 3 rings (SSSR count). The molecule has 0 saturated carbocycles. The molecule has 1 aromatic carbocycles. The SMILES string of the molecule is CCc1sc(C(=O)O)cc1-c1nc(-c2ccccc2)cs1. The van der Waals surface area contributed by atoms with E-state index in [-0.39, 0.29) is 0 Å². The van der Waals surface area contributed by atoms with Crippen LogP contribution in [0, 0.1) is 0 Å².